The highest BCUT2D eigenvalue weighted by Crippen LogP contribution is 2.51. The summed E-state index contributed by atoms with van der Waals surface area (Å²) in [6.45, 7) is 9.23. The smallest absolute Gasteiger partial charge is 0.0443 e. The first kappa shape index (κ1) is 10.0. The van der Waals surface area contributed by atoms with E-state index < -0.39 is 0 Å². The van der Waals surface area contributed by atoms with Crippen LogP contribution in [0.4, 0.5) is 0 Å². The van der Waals surface area contributed by atoms with Crippen LogP contribution in [-0.4, -0.2) is 0 Å². The Morgan fingerprint density at radius 2 is 1.86 bits per heavy atom. The van der Waals surface area contributed by atoms with Gasteiger partial charge in [-0.1, -0.05) is 51.4 Å². The molecule has 2 atom stereocenters. The van der Waals surface area contributed by atoms with Gasteiger partial charge in [0.15, 0.2) is 0 Å². The molecule has 1 aliphatic rings. The summed E-state index contributed by atoms with van der Waals surface area (Å²) in [6.07, 6.45) is 0. The van der Waals surface area contributed by atoms with Crippen molar-refractivity contribution in [3.63, 3.8) is 0 Å². The van der Waals surface area contributed by atoms with Crippen molar-refractivity contribution in [3.8, 4) is 0 Å². The lowest BCUT2D eigenvalue weighted by molar-refractivity contribution is 0.342. The molecule has 0 radical (unpaired) electrons. The van der Waals surface area contributed by atoms with E-state index in [9.17, 15) is 0 Å². The molecule has 1 aliphatic carbocycles. The molecule has 1 aromatic rings. The molecule has 0 aromatic heterocycles. The number of rotatable bonds is 0. The van der Waals surface area contributed by atoms with Gasteiger partial charge in [-0.2, -0.15) is 0 Å². The average molecular weight is 209 g/mol. The molecule has 1 heteroatoms. The van der Waals surface area contributed by atoms with Crippen molar-refractivity contribution in [2.24, 2.45) is 5.92 Å². The molecule has 14 heavy (non-hydrogen) atoms. The van der Waals surface area contributed by atoms with E-state index >= 15 is 0 Å². The number of fused-ring (bicyclic) bond motifs is 1. The van der Waals surface area contributed by atoms with E-state index in [1.165, 1.54) is 11.1 Å². The van der Waals surface area contributed by atoms with Crippen molar-refractivity contribution in [1.82, 2.24) is 0 Å². The molecule has 0 aliphatic heterocycles. The van der Waals surface area contributed by atoms with Crippen molar-refractivity contribution in [1.29, 1.82) is 0 Å². The minimum atomic E-state index is 0.264. The lowest BCUT2D eigenvalue weighted by atomic mass is 9.78. The molecule has 76 valence electrons. The highest BCUT2D eigenvalue weighted by molar-refractivity contribution is 6.31. The Kier molecular flexibility index (Phi) is 2.15. The molecular formula is C13H17Cl. The molecule has 0 unspecified atom stereocenters. The second-order valence-corrected chi connectivity index (χ2v) is 5.41. The van der Waals surface area contributed by atoms with E-state index in [0.29, 0.717) is 11.8 Å². The summed E-state index contributed by atoms with van der Waals surface area (Å²) in [4.78, 5) is 0. The van der Waals surface area contributed by atoms with Crippen LogP contribution in [0.15, 0.2) is 18.2 Å². The molecule has 0 saturated carbocycles. The first-order valence-electron chi connectivity index (χ1n) is 5.25. The fraction of sp³-hybridized carbons (Fsp3) is 0.538. The van der Waals surface area contributed by atoms with Gasteiger partial charge >= 0.3 is 0 Å². The first-order valence-corrected chi connectivity index (χ1v) is 5.63. The third-order valence-electron chi connectivity index (χ3n) is 4.09. The molecule has 0 nitrogen and oxygen atoms in total. The van der Waals surface area contributed by atoms with Gasteiger partial charge in [-0.3, -0.25) is 0 Å². The Morgan fingerprint density at radius 1 is 1.21 bits per heavy atom. The van der Waals surface area contributed by atoms with Crippen LogP contribution in [0, 0.1) is 5.92 Å². The van der Waals surface area contributed by atoms with Crippen LogP contribution in [0.3, 0.4) is 0 Å². The first-order chi connectivity index (χ1) is 6.46. The van der Waals surface area contributed by atoms with Crippen LogP contribution in [0.5, 0.6) is 0 Å². The summed E-state index contributed by atoms with van der Waals surface area (Å²) < 4.78 is 0. The monoisotopic (exact) mass is 208 g/mol. The Bertz CT molecular complexity index is 365. The van der Waals surface area contributed by atoms with Crippen molar-refractivity contribution in [2.75, 3.05) is 0 Å². The molecule has 0 amide bonds. The molecule has 0 saturated heterocycles. The largest absolute Gasteiger partial charge is 0.0840 e. The van der Waals surface area contributed by atoms with E-state index in [0.717, 1.165) is 5.02 Å². The third-order valence-corrected chi connectivity index (χ3v) is 4.42. The van der Waals surface area contributed by atoms with Crippen molar-refractivity contribution >= 4 is 11.6 Å². The van der Waals surface area contributed by atoms with Crippen LogP contribution in [-0.2, 0) is 5.41 Å². The molecule has 1 aromatic carbocycles. The molecule has 0 bridgehead atoms. The van der Waals surface area contributed by atoms with Crippen LogP contribution < -0.4 is 0 Å². The Labute approximate surface area is 91.3 Å². The van der Waals surface area contributed by atoms with E-state index in [1.807, 2.05) is 6.07 Å². The van der Waals surface area contributed by atoms with Gasteiger partial charge in [0.05, 0.1) is 0 Å². The van der Waals surface area contributed by atoms with Crippen LogP contribution in [0.2, 0.25) is 5.02 Å². The minimum Gasteiger partial charge on any atom is -0.0840 e. The van der Waals surface area contributed by atoms with E-state index in [2.05, 4.69) is 39.8 Å². The highest BCUT2D eigenvalue weighted by atomic mass is 35.5. The van der Waals surface area contributed by atoms with E-state index in [-0.39, 0.29) is 5.41 Å². The normalized spacial score (nSPS) is 28.9. The average Bonchev–Trinajstić information content (AvgIpc) is 2.30. The summed E-state index contributed by atoms with van der Waals surface area (Å²) in [5.41, 5.74) is 3.07. The van der Waals surface area contributed by atoms with Gasteiger partial charge in [0.1, 0.15) is 0 Å². The summed E-state index contributed by atoms with van der Waals surface area (Å²) in [5, 5.41) is 0.937. The van der Waals surface area contributed by atoms with E-state index in [1.54, 1.807) is 0 Å². The van der Waals surface area contributed by atoms with Gasteiger partial charge in [-0.05, 0) is 34.4 Å². The molecule has 0 heterocycles. The van der Waals surface area contributed by atoms with Crippen molar-refractivity contribution in [3.05, 3.63) is 34.3 Å². The number of hydrogen-bond donors (Lipinski definition) is 0. The SMILES string of the molecule is C[C@@H]1[C@@H](C)c2c(Cl)cccc2C1(C)C. The Morgan fingerprint density at radius 3 is 2.43 bits per heavy atom. The summed E-state index contributed by atoms with van der Waals surface area (Å²) in [6, 6.07) is 6.29. The molecule has 0 spiro atoms. The van der Waals surface area contributed by atoms with Crippen molar-refractivity contribution in [2.45, 2.75) is 39.0 Å². The number of halogens is 1. The molecule has 2 rings (SSSR count). The van der Waals surface area contributed by atoms with Gasteiger partial charge < -0.3 is 0 Å². The zero-order valence-corrected chi connectivity index (χ0v) is 10.0. The summed E-state index contributed by atoms with van der Waals surface area (Å²) in [7, 11) is 0. The number of hydrogen-bond acceptors (Lipinski definition) is 0. The number of benzene rings is 1. The van der Waals surface area contributed by atoms with Gasteiger partial charge in [0.25, 0.3) is 0 Å². The Balaban J connectivity index is 2.68. The zero-order chi connectivity index (χ0) is 10.5. The van der Waals surface area contributed by atoms with Crippen molar-refractivity contribution < 1.29 is 0 Å². The third kappa shape index (κ3) is 1.13. The standard InChI is InChI=1S/C13H17Cl/c1-8-9(2)13(3,4)10-6-5-7-11(14)12(8)10/h5-9H,1-4H3/t8-,9-/m1/s1. The van der Waals surface area contributed by atoms with E-state index in [4.69, 9.17) is 11.6 Å². The van der Waals surface area contributed by atoms with Gasteiger partial charge in [-0.15, -0.1) is 0 Å². The molecule has 0 N–H and O–H groups in total. The van der Waals surface area contributed by atoms with Gasteiger partial charge in [0, 0.05) is 5.02 Å². The highest BCUT2D eigenvalue weighted by Gasteiger charge is 2.42. The Hall–Kier alpha value is -0.490. The molecular weight excluding hydrogens is 192 g/mol. The van der Waals surface area contributed by atoms with Gasteiger partial charge in [0.2, 0.25) is 0 Å². The van der Waals surface area contributed by atoms with Gasteiger partial charge in [-0.25, -0.2) is 0 Å². The minimum absolute atomic E-state index is 0.264. The zero-order valence-electron chi connectivity index (χ0n) is 9.26. The quantitative estimate of drug-likeness (QED) is 0.594. The second-order valence-electron chi connectivity index (χ2n) is 5.00. The topological polar surface area (TPSA) is 0 Å². The van der Waals surface area contributed by atoms with Crippen LogP contribution >= 0.6 is 11.6 Å². The maximum Gasteiger partial charge on any atom is 0.0443 e. The fourth-order valence-electron chi connectivity index (χ4n) is 2.68. The van der Waals surface area contributed by atoms with Crippen LogP contribution in [0.25, 0.3) is 0 Å². The second kappa shape index (κ2) is 3.00. The summed E-state index contributed by atoms with van der Waals surface area (Å²) >= 11 is 6.26. The summed E-state index contributed by atoms with van der Waals surface area (Å²) in [5.74, 6) is 1.24. The lowest BCUT2D eigenvalue weighted by Gasteiger charge is -2.26. The van der Waals surface area contributed by atoms with Crippen LogP contribution in [0.1, 0.15) is 44.7 Å². The maximum absolute atomic E-state index is 6.26. The predicted octanol–water partition coefficient (Wildman–Crippen LogP) is 4.37. The maximum atomic E-state index is 6.26. The fourth-order valence-corrected chi connectivity index (χ4v) is 3.03. The predicted molar refractivity (Wildman–Crippen MR) is 62.1 cm³/mol. The lowest BCUT2D eigenvalue weighted by Crippen LogP contribution is -2.22. The molecule has 0 fully saturated rings.